The van der Waals surface area contributed by atoms with Gasteiger partial charge in [0.05, 0.1) is 24.0 Å². The number of H-pyrrole nitrogens is 1. The summed E-state index contributed by atoms with van der Waals surface area (Å²) in [5.41, 5.74) is 1.26. The Hall–Kier alpha value is -2.37. The van der Waals surface area contributed by atoms with E-state index in [0.29, 0.717) is 17.8 Å². The third-order valence-electron chi connectivity index (χ3n) is 2.31. The normalized spacial score (nSPS) is 9.94. The highest BCUT2D eigenvalue weighted by atomic mass is 16.1. The van der Waals surface area contributed by atoms with Crippen LogP contribution in [0.1, 0.15) is 16.2 Å². The number of nitrogens with zero attached hydrogens (tertiary/aromatic N) is 2. The number of aromatic nitrogens is 3. The maximum atomic E-state index is 11.9. The summed E-state index contributed by atoms with van der Waals surface area (Å²) >= 11 is 0. The fourth-order valence-electron chi connectivity index (χ4n) is 1.45. The van der Waals surface area contributed by atoms with Crippen LogP contribution in [0.5, 0.6) is 0 Å². The molecule has 3 N–H and O–H groups in total. The highest BCUT2D eigenvalue weighted by Gasteiger charge is 2.10. The molecule has 0 atom stereocenters. The molecule has 17 heavy (non-hydrogen) atoms. The molecule has 0 aliphatic carbocycles. The first-order chi connectivity index (χ1) is 8.31. The molecule has 0 aliphatic rings. The Morgan fingerprint density at radius 1 is 1.47 bits per heavy atom. The highest BCUT2D eigenvalue weighted by Crippen LogP contribution is 2.11. The SMILES string of the molecule is CNc1cnccc1C(=O)NCc1ncc[nH]1. The van der Waals surface area contributed by atoms with Gasteiger partial charge in [0, 0.05) is 25.6 Å². The molecule has 88 valence electrons. The summed E-state index contributed by atoms with van der Waals surface area (Å²) in [7, 11) is 1.75. The van der Waals surface area contributed by atoms with Gasteiger partial charge in [-0.3, -0.25) is 9.78 Å². The van der Waals surface area contributed by atoms with Crippen LogP contribution >= 0.6 is 0 Å². The Bertz CT molecular complexity index is 494. The maximum Gasteiger partial charge on any atom is 0.253 e. The van der Waals surface area contributed by atoms with E-state index in [0.717, 1.165) is 5.82 Å². The van der Waals surface area contributed by atoms with Crippen molar-refractivity contribution in [3.8, 4) is 0 Å². The molecule has 6 heteroatoms. The van der Waals surface area contributed by atoms with E-state index in [1.165, 1.54) is 0 Å². The van der Waals surface area contributed by atoms with Gasteiger partial charge >= 0.3 is 0 Å². The van der Waals surface area contributed by atoms with E-state index in [2.05, 4.69) is 25.6 Å². The third kappa shape index (κ3) is 2.60. The lowest BCUT2D eigenvalue weighted by Gasteiger charge is -2.08. The maximum absolute atomic E-state index is 11.9. The molecule has 0 saturated carbocycles. The Morgan fingerprint density at radius 2 is 2.35 bits per heavy atom. The molecule has 2 aromatic heterocycles. The lowest BCUT2D eigenvalue weighted by Crippen LogP contribution is -2.24. The van der Waals surface area contributed by atoms with Gasteiger partial charge in [0.1, 0.15) is 5.82 Å². The number of carbonyl (C=O) groups excluding carboxylic acids is 1. The largest absolute Gasteiger partial charge is 0.386 e. The number of imidazole rings is 1. The van der Waals surface area contributed by atoms with Crippen LogP contribution in [0.25, 0.3) is 0 Å². The standard InChI is InChI=1S/C11H13N5O/c1-12-9-6-13-3-2-8(9)11(17)16-7-10-14-4-5-15-10/h2-6,12H,7H2,1H3,(H,14,15)(H,16,17). The first-order valence-corrected chi connectivity index (χ1v) is 5.19. The van der Waals surface area contributed by atoms with Crippen LogP contribution < -0.4 is 10.6 Å². The van der Waals surface area contributed by atoms with Crippen molar-refractivity contribution in [2.45, 2.75) is 6.54 Å². The molecule has 0 saturated heterocycles. The molecule has 2 rings (SSSR count). The van der Waals surface area contributed by atoms with Gasteiger partial charge in [-0.15, -0.1) is 0 Å². The lowest BCUT2D eigenvalue weighted by atomic mass is 10.2. The number of nitrogens with one attached hydrogen (secondary N) is 3. The zero-order chi connectivity index (χ0) is 12.1. The Morgan fingerprint density at radius 3 is 3.06 bits per heavy atom. The minimum atomic E-state index is -0.159. The van der Waals surface area contributed by atoms with Crippen LogP contribution in [0, 0.1) is 0 Å². The predicted octanol–water partition coefficient (Wildman–Crippen LogP) is 0.776. The van der Waals surface area contributed by atoms with E-state index in [-0.39, 0.29) is 5.91 Å². The molecular weight excluding hydrogens is 218 g/mol. The van der Waals surface area contributed by atoms with Gasteiger partial charge in [0.15, 0.2) is 0 Å². The third-order valence-corrected chi connectivity index (χ3v) is 2.31. The predicted molar refractivity (Wildman–Crippen MR) is 63.5 cm³/mol. The van der Waals surface area contributed by atoms with Crippen LogP contribution in [0.4, 0.5) is 5.69 Å². The monoisotopic (exact) mass is 231 g/mol. The van der Waals surface area contributed by atoms with E-state index >= 15 is 0 Å². The molecule has 0 radical (unpaired) electrons. The van der Waals surface area contributed by atoms with Crippen LogP contribution in [-0.2, 0) is 6.54 Å². The lowest BCUT2D eigenvalue weighted by molar-refractivity contribution is 0.0950. The van der Waals surface area contributed by atoms with Gasteiger partial charge in [0.25, 0.3) is 5.91 Å². The average molecular weight is 231 g/mol. The van der Waals surface area contributed by atoms with E-state index in [1.807, 2.05) is 0 Å². The zero-order valence-electron chi connectivity index (χ0n) is 9.40. The van der Waals surface area contributed by atoms with Gasteiger partial charge in [-0.05, 0) is 6.07 Å². The van der Waals surface area contributed by atoms with Crippen molar-refractivity contribution in [2.75, 3.05) is 12.4 Å². The summed E-state index contributed by atoms with van der Waals surface area (Å²) in [6.07, 6.45) is 6.56. The highest BCUT2D eigenvalue weighted by molar-refractivity contribution is 5.99. The van der Waals surface area contributed by atoms with Gasteiger partial charge < -0.3 is 15.6 Å². The van der Waals surface area contributed by atoms with E-state index < -0.39 is 0 Å². The van der Waals surface area contributed by atoms with Crippen LogP contribution in [0.15, 0.2) is 30.9 Å². The average Bonchev–Trinajstić information content (AvgIpc) is 2.89. The van der Waals surface area contributed by atoms with Gasteiger partial charge in [-0.2, -0.15) is 0 Å². The van der Waals surface area contributed by atoms with Crippen molar-refractivity contribution in [2.24, 2.45) is 0 Å². The molecule has 2 aromatic rings. The fraction of sp³-hybridized carbons (Fsp3) is 0.182. The van der Waals surface area contributed by atoms with Crippen LogP contribution in [0.3, 0.4) is 0 Å². The minimum absolute atomic E-state index is 0.159. The topological polar surface area (TPSA) is 82.7 Å². The minimum Gasteiger partial charge on any atom is -0.386 e. The molecule has 0 bridgehead atoms. The van der Waals surface area contributed by atoms with Crippen molar-refractivity contribution in [3.05, 3.63) is 42.2 Å². The fourth-order valence-corrected chi connectivity index (χ4v) is 1.45. The van der Waals surface area contributed by atoms with Crippen molar-refractivity contribution >= 4 is 11.6 Å². The van der Waals surface area contributed by atoms with Crippen LogP contribution in [-0.4, -0.2) is 27.9 Å². The number of rotatable bonds is 4. The van der Waals surface area contributed by atoms with Crippen LogP contribution in [0.2, 0.25) is 0 Å². The van der Waals surface area contributed by atoms with Crippen molar-refractivity contribution in [3.63, 3.8) is 0 Å². The molecule has 1 amide bonds. The molecule has 0 aromatic carbocycles. The summed E-state index contributed by atoms with van der Waals surface area (Å²) in [6, 6.07) is 1.67. The Kier molecular flexibility index (Phi) is 3.34. The molecule has 0 fully saturated rings. The Balaban J connectivity index is 2.04. The van der Waals surface area contributed by atoms with E-state index in [9.17, 15) is 4.79 Å². The molecule has 0 aliphatic heterocycles. The number of carbonyl (C=O) groups is 1. The molecule has 6 nitrogen and oxygen atoms in total. The summed E-state index contributed by atoms with van der Waals surface area (Å²) < 4.78 is 0. The second kappa shape index (κ2) is 5.11. The molecule has 2 heterocycles. The van der Waals surface area contributed by atoms with Crippen molar-refractivity contribution in [1.29, 1.82) is 0 Å². The number of amides is 1. The summed E-state index contributed by atoms with van der Waals surface area (Å²) in [4.78, 5) is 22.8. The van der Waals surface area contributed by atoms with Gasteiger partial charge in [-0.1, -0.05) is 0 Å². The number of aromatic amines is 1. The number of pyridine rings is 1. The number of hydrogen-bond donors (Lipinski definition) is 3. The first kappa shape index (κ1) is 11.1. The second-order valence-electron chi connectivity index (χ2n) is 3.39. The Labute approximate surface area is 98.5 Å². The quantitative estimate of drug-likeness (QED) is 0.726. The summed E-state index contributed by atoms with van der Waals surface area (Å²) in [6.45, 7) is 0.372. The van der Waals surface area contributed by atoms with Gasteiger partial charge in [-0.25, -0.2) is 4.98 Å². The molecular formula is C11H13N5O. The van der Waals surface area contributed by atoms with Crippen molar-refractivity contribution in [1.82, 2.24) is 20.3 Å². The van der Waals surface area contributed by atoms with E-state index in [4.69, 9.17) is 0 Å². The first-order valence-electron chi connectivity index (χ1n) is 5.19. The second-order valence-corrected chi connectivity index (χ2v) is 3.39. The van der Waals surface area contributed by atoms with Gasteiger partial charge in [0.2, 0.25) is 0 Å². The summed E-state index contributed by atoms with van der Waals surface area (Å²) in [5, 5.41) is 5.70. The molecule has 0 spiro atoms. The number of hydrogen-bond acceptors (Lipinski definition) is 4. The van der Waals surface area contributed by atoms with E-state index in [1.54, 1.807) is 37.9 Å². The summed E-state index contributed by atoms with van der Waals surface area (Å²) in [5.74, 6) is 0.562. The smallest absolute Gasteiger partial charge is 0.253 e. The zero-order valence-corrected chi connectivity index (χ0v) is 9.40. The molecule has 0 unspecified atom stereocenters. The van der Waals surface area contributed by atoms with Crippen molar-refractivity contribution < 1.29 is 4.79 Å². The number of anilines is 1.